The van der Waals surface area contributed by atoms with Crippen LogP contribution in [0.5, 0.6) is 0 Å². The van der Waals surface area contributed by atoms with Gasteiger partial charge in [0.25, 0.3) is 5.91 Å². The Hall–Kier alpha value is -3.34. The second-order valence-corrected chi connectivity index (χ2v) is 9.76. The number of fused-ring (bicyclic) bond motifs is 5. The molecule has 0 spiro atoms. The molecule has 4 aromatic rings. The van der Waals surface area contributed by atoms with Crippen molar-refractivity contribution in [2.75, 3.05) is 0 Å². The maximum absolute atomic E-state index is 13.3. The lowest BCUT2D eigenvalue weighted by Gasteiger charge is -2.41. The number of benzene rings is 2. The lowest BCUT2D eigenvalue weighted by atomic mass is 9.41. The van der Waals surface area contributed by atoms with Gasteiger partial charge < -0.3 is 4.90 Å². The van der Waals surface area contributed by atoms with E-state index in [1.165, 1.54) is 45.9 Å². The fourth-order valence-electron chi connectivity index (χ4n) is 5.89. The van der Waals surface area contributed by atoms with E-state index in [0.717, 1.165) is 24.1 Å². The molecule has 7 heteroatoms. The minimum Gasteiger partial charge on any atom is -0.338 e. The van der Waals surface area contributed by atoms with E-state index in [0.29, 0.717) is 12.5 Å². The van der Waals surface area contributed by atoms with E-state index in [1.807, 2.05) is 30.1 Å². The van der Waals surface area contributed by atoms with E-state index in [2.05, 4.69) is 59.4 Å². The number of aryl methyl sites for hydroxylation is 1. The summed E-state index contributed by atoms with van der Waals surface area (Å²) in [5.74, 6) is 0.728. The number of nitrogens with zero attached hydrogens (tertiary/aromatic N) is 4. The van der Waals surface area contributed by atoms with Crippen LogP contribution in [0.15, 0.2) is 54.9 Å². The van der Waals surface area contributed by atoms with Gasteiger partial charge in [-0.25, -0.2) is 0 Å². The fraction of sp³-hybridized carbons (Fsp3) is 0.240. The monoisotopic (exact) mass is 416 g/mol. The minimum absolute atomic E-state index is 0.118. The van der Waals surface area contributed by atoms with Crippen molar-refractivity contribution in [3.8, 4) is 11.1 Å². The zero-order valence-electron chi connectivity index (χ0n) is 18.3. The number of pyridine rings is 1. The van der Waals surface area contributed by atoms with Crippen molar-refractivity contribution >= 4 is 37.4 Å². The highest BCUT2D eigenvalue weighted by Gasteiger charge is 2.51. The molecule has 2 aromatic carbocycles. The number of carbonyl (C=O) groups is 1. The summed E-state index contributed by atoms with van der Waals surface area (Å²) in [4.78, 5) is 20.0. The van der Waals surface area contributed by atoms with Gasteiger partial charge in [0.1, 0.15) is 7.85 Å². The van der Waals surface area contributed by atoms with Gasteiger partial charge in [-0.05, 0) is 59.2 Å². The molecule has 0 bridgehead atoms. The second kappa shape index (κ2) is 6.12. The molecule has 1 saturated carbocycles. The van der Waals surface area contributed by atoms with Crippen LogP contribution in [0, 0.1) is 0 Å². The fourth-order valence-corrected chi connectivity index (χ4v) is 5.89. The molecule has 2 aliphatic heterocycles. The van der Waals surface area contributed by atoms with Crippen molar-refractivity contribution in [1.82, 2.24) is 19.7 Å². The molecule has 7 rings (SSSR count). The van der Waals surface area contributed by atoms with Gasteiger partial charge in [0.2, 0.25) is 0 Å². The molecule has 1 atom stereocenters. The molecule has 0 saturated heterocycles. The van der Waals surface area contributed by atoms with Gasteiger partial charge >= 0.3 is 0 Å². The van der Waals surface area contributed by atoms with Crippen molar-refractivity contribution in [2.45, 2.75) is 30.6 Å². The van der Waals surface area contributed by atoms with Crippen molar-refractivity contribution in [2.24, 2.45) is 7.05 Å². The van der Waals surface area contributed by atoms with Gasteiger partial charge in [0.15, 0.2) is 7.28 Å². The Morgan fingerprint density at radius 2 is 2.00 bits per heavy atom. The average Bonchev–Trinajstić information content (AvgIpc) is 3.53. The van der Waals surface area contributed by atoms with Gasteiger partial charge in [-0.2, -0.15) is 5.10 Å². The standard InChI is InChI=1S/C25H22B2N4O/c1-30-12-20-16(4-2-6-22(20)29-30)15-10-18(14-7-8-14)19-13-31-24(32)17-5-3-9-28-23(17)25(31,26)27-21(19)11-15/h2-6,9-12,14,27H,7-8,13,26H2,1H3. The van der Waals surface area contributed by atoms with Crippen LogP contribution < -0.4 is 5.46 Å². The predicted octanol–water partition coefficient (Wildman–Crippen LogP) is 1.99. The molecule has 0 N–H and O–H groups in total. The molecule has 1 unspecified atom stereocenters. The SMILES string of the molecule is BC12Bc3cc(-c4cccc5nn(C)cc45)cc(C4CC4)c3CN1C(=O)c1cccnc12. The third kappa shape index (κ3) is 2.39. The molecule has 154 valence electrons. The Kier molecular flexibility index (Phi) is 3.49. The number of amides is 1. The summed E-state index contributed by atoms with van der Waals surface area (Å²) < 4.78 is 1.89. The average molecular weight is 416 g/mol. The first-order valence-electron chi connectivity index (χ1n) is 11.4. The van der Waals surface area contributed by atoms with Crippen molar-refractivity contribution in [3.05, 3.63) is 77.2 Å². The van der Waals surface area contributed by atoms with Crippen LogP contribution in [0.4, 0.5) is 0 Å². The first kappa shape index (κ1) is 18.3. The van der Waals surface area contributed by atoms with Crippen LogP contribution in [0.1, 0.15) is 45.9 Å². The Labute approximate surface area is 188 Å². The van der Waals surface area contributed by atoms with Gasteiger partial charge in [-0.1, -0.05) is 29.7 Å². The van der Waals surface area contributed by atoms with Crippen molar-refractivity contribution < 1.29 is 4.79 Å². The first-order chi connectivity index (χ1) is 15.5. The maximum Gasteiger partial charge on any atom is 0.255 e. The summed E-state index contributed by atoms with van der Waals surface area (Å²) in [6.07, 6.45) is 6.39. The molecule has 5 nitrogen and oxygen atoms in total. The molecule has 3 aliphatic rings. The van der Waals surface area contributed by atoms with Crippen LogP contribution in [0.3, 0.4) is 0 Å². The molecular weight excluding hydrogens is 394 g/mol. The van der Waals surface area contributed by atoms with Crippen LogP contribution >= 0.6 is 0 Å². The molecule has 1 amide bonds. The Morgan fingerprint density at radius 3 is 2.84 bits per heavy atom. The Balaban J connectivity index is 1.43. The zero-order chi connectivity index (χ0) is 21.6. The third-order valence-electron chi connectivity index (χ3n) is 7.61. The maximum atomic E-state index is 13.3. The first-order valence-corrected chi connectivity index (χ1v) is 11.4. The van der Waals surface area contributed by atoms with Crippen molar-refractivity contribution in [3.63, 3.8) is 0 Å². The van der Waals surface area contributed by atoms with E-state index < -0.39 is 0 Å². The van der Waals surface area contributed by atoms with Gasteiger partial charge in [-0.15, -0.1) is 0 Å². The van der Waals surface area contributed by atoms with Gasteiger partial charge in [0.05, 0.1) is 16.8 Å². The Morgan fingerprint density at radius 1 is 1.16 bits per heavy atom. The molecule has 1 fully saturated rings. The minimum atomic E-state index is -0.388. The molecule has 32 heavy (non-hydrogen) atoms. The molecule has 2 aromatic heterocycles. The normalized spacial score (nSPS) is 21.3. The number of rotatable bonds is 2. The zero-order valence-corrected chi connectivity index (χ0v) is 18.3. The summed E-state index contributed by atoms with van der Waals surface area (Å²) in [7, 11) is 4.95. The van der Waals surface area contributed by atoms with Gasteiger partial charge in [0, 0.05) is 36.7 Å². The highest BCUT2D eigenvalue weighted by molar-refractivity contribution is 6.67. The lowest BCUT2D eigenvalue weighted by Crippen LogP contribution is -2.57. The summed E-state index contributed by atoms with van der Waals surface area (Å²) in [5.41, 5.74) is 9.33. The van der Waals surface area contributed by atoms with E-state index in [1.54, 1.807) is 0 Å². The smallest absolute Gasteiger partial charge is 0.255 e. The summed E-state index contributed by atoms with van der Waals surface area (Å²) in [6.45, 7) is 0.671. The molecule has 1 aliphatic carbocycles. The van der Waals surface area contributed by atoms with Crippen LogP contribution in [-0.2, 0) is 18.9 Å². The quantitative estimate of drug-likeness (QED) is 0.470. The van der Waals surface area contributed by atoms with Crippen LogP contribution in [0.2, 0.25) is 0 Å². The number of hydrogen-bond acceptors (Lipinski definition) is 3. The van der Waals surface area contributed by atoms with E-state index >= 15 is 0 Å². The summed E-state index contributed by atoms with van der Waals surface area (Å²) in [5, 5.41) is 5.40. The van der Waals surface area contributed by atoms with Crippen LogP contribution in [0.25, 0.3) is 22.0 Å². The molecule has 4 heterocycles. The topological polar surface area (TPSA) is 51.0 Å². The summed E-state index contributed by atoms with van der Waals surface area (Å²) in [6, 6.07) is 14.9. The number of aromatic nitrogens is 3. The number of hydrogen-bond donors (Lipinski definition) is 0. The lowest BCUT2D eigenvalue weighted by molar-refractivity contribution is 0.0725. The van der Waals surface area contributed by atoms with Crippen molar-refractivity contribution in [1.29, 1.82) is 0 Å². The largest absolute Gasteiger partial charge is 0.338 e. The summed E-state index contributed by atoms with van der Waals surface area (Å²) >= 11 is 0. The van der Waals surface area contributed by atoms with E-state index in [-0.39, 0.29) is 11.2 Å². The number of carbonyl (C=O) groups excluding carboxylic acids is 1. The second-order valence-electron chi connectivity index (χ2n) is 9.76. The van der Waals surface area contributed by atoms with Crippen LogP contribution in [-0.4, -0.2) is 40.7 Å². The van der Waals surface area contributed by atoms with Gasteiger partial charge in [-0.3, -0.25) is 14.5 Å². The molecular formula is C25H22B2N4O. The van der Waals surface area contributed by atoms with E-state index in [9.17, 15) is 4.79 Å². The highest BCUT2D eigenvalue weighted by Crippen LogP contribution is 2.46. The predicted molar refractivity (Wildman–Crippen MR) is 129 cm³/mol. The third-order valence-corrected chi connectivity index (χ3v) is 7.61. The van der Waals surface area contributed by atoms with E-state index in [4.69, 9.17) is 0 Å². The highest BCUT2D eigenvalue weighted by atomic mass is 16.2. The molecule has 0 radical (unpaired) electrons. The Bertz CT molecular complexity index is 1460.